The Balaban J connectivity index is 1.99. The summed E-state index contributed by atoms with van der Waals surface area (Å²) in [6, 6.07) is 7.12. The Morgan fingerprint density at radius 2 is 2.05 bits per heavy atom. The van der Waals surface area contributed by atoms with Crippen LogP contribution in [0, 0.1) is 5.41 Å². The van der Waals surface area contributed by atoms with Crippen molar-refractivity contribution in [3.8, 4) is 0 Å². The topological polar surface area (TPSA) is 58.2 Å². The monoisotopic (exact) mass is 336 g/mol. The molecule has 1 aliphatic carbocycles. The molecule has 0 saturated heterocycles. The van der Waals surface area contributed by atoms with E-state index >= 15 is 0 Å². The largest absolute Gasteiger partial charge is 0.302 e. The summed E-state index contributed by atoms with van der Waals surface area (Å²) in [5.41, 5.74) is 6.69. The van der Waals surface area contributed by atoms with Crippen LogP contribution in [0.2, 0.25) is 0 Å². The van der Waals surface area contributed by atoms with E-state index in [9.17, 15) is 9.59 Å². The predicted molar refractivity (Wildman–Crippen MR) is 80.8 cm³/mol. The number of halogens is 1. The number of allylic oxidation sites excluding steroid dienone is 2. The fourth-order valence-electron chi connectivity index (χ4n) is 2.27. The first-order valence-electron chi connectivity index (χ1n) is 6.41. The molecule has 0 heterocycles. The Kier molecular flexibility index (Phi) is 4.28. The fourth-order valence-corrected chi connectivity index (χ4v) is 2.66. The van der Waals surface area contributed by atoms with E-state index in [0.717, 1.165) is 16.6 Å². The minimum absolute atomic E-state index is 0.0747. The van der Waals surface area contributed by atoms with Crippen molar-refractivity contribution in [2.24, 2.45) is 5.41 Å². The first kappa shape index (κ1) is 14.8. The van der Waals surface area contributed by atoms with E-state index < -0.39 is 0 Å². The molecule has 106 valence electrons. The SMILES string of the molecule is CC1(C)CC(=O)C=C(NNC(=O)c2cccc(Br)c2)C1. The molecule has 20 heavy (non-hydrogen) atoms. The van der Waals surface area contributed by atoms with Crippen LogP contribution in [0.4, 0.5) is 0 Å². The van der Waals surface area contributed by atoms with E-state index in [2.05, 4.69) is 26.8 Å². The van der Waals surface area contributed by atoms with Gasteiger partial charge in [-0.15, -0.1) is 0 Å². The number of ketones is 1. The number of hydrazine groups is 1. The molecule has 5 heteroatoms. The number of rotatable bonds is 3. The summed E-state index contributed by atoms with van der Waals surface area (Å²) >= 11 is 3.32. The summed E-state index contributed by atoms with van der Waals surface area (Å²) in [5, 5.41) is 0. The van der Waals surface area contributed by atoms with Crippen LogP contribution in [0.3, 0.4) is 0 Å². The van der Waals surface area contributed by atoms with E-state index in [1.165, 1.54) is 0 Å². The van der Waals surface area contributed by atoms with Crippen LogP contribution in [-0.2, 0) is 4.79 Å². The molecule has 0 bridgehead atoms. The second-order valence-corrected chi connectivity index (χ2v) is 6.66. The van der Waals surface area contributed by atoms with Crippen LogP contribution < -0.4 is 10.9 Å². The van der Waals surface area contributed by atoms with Gasteiger partial charge in [-0.2, -0.15) is 0 Å². The molecule has 1 aliphatic rings. The lowest BCUT2D eigenvalue weighted by molar-refractivity contribution is -0.117. The molecule has 0 saturated carbocycles. The summed E-state index contributed by atoms with van der Waals surface area (Å²) in [7, 11) is 0. The first-order chi connectivity index (χ1) is 9.35. The van der Waals surface area contributed by atoms with Crippen LogP contribution in [0.1, 0.15) is 37.0 Å². The van der Waals surface area contributed by atoms with Gasteiger partial charge in [-0.3, -0.25) is 15.0 Å². The van der Waals surface area contributed by atoms with Crippen molar-refractivity contribution < 1.29 is 9.59 Å². The number of amides is 1. The van der Waals surface area contributed by atoms with Crippen molar-refractivity contribution in [1.82, 2.24) is 10.9 Å². The quantitative estimate of drug-likeness (QED) is 0.834. The van der Waals surface area contributed by atoms with Crippen molar-refractivity contribution in [1.29, 1.82) is 0 Å². The van der Waals surface area contributed by atoms with Crippen molar-refractivity contribution in [2.75, 3.05) is 0 Å². The molecule has 2 rings (SSSR count). The van der Waals surface area contributed by atoms with Gasteiger partial charge in [-0.05, 0) is 30.0 Å². The summed E-state index contributed by atoms with van der Waals surface area (Å²) < 4.78 is 0.846. The highest BCUT2D eigenvalue weighted by molar-refractivity contribution is 9.10. The molecule has 1 aromatic carbocycles. The van der Waals surface area contributed by atoms with E-state index in [-0.39, 0.29) is 17.1 Å². The van der Waals surface area contributed by atoms with Crippen LogP contribution in [0.15, 0.2) is 40.5 Å². The zero-order valence-corrected chi connectivity index (χ0v) is 13.1. The van der Waals surface area contributed by atoms with Crippen LogP contribution in [0.25, 0.3) is 0 Å². The molecule has 2 N–H and O–H groups in total. The molecule has 1 amide bonds. The zero-order valence-electron chi connectivity index (χ0n) is 11.5. The smallest absolute Gasteiger partial charge is 0.269 e. The Morgan fingerprint density at radius 1 is 1.30 bits per heavy atom. The number of carbonyl (C=O) groups excluding carboxylic acids is 2. The normalized spacial score (nSPS) is 17.4. The van der Waals surface area contributed by atoms with Gasteiger partial charge >= 0.3 is 0 Å². The molecule has 0 atom stereocenters. The van der Waals surface area contributed by atoms with E-state index in [0.29, 0.717) is 12.0 Å². The lowest BCUT2D eigenvalue weighted by atomic mass is 9.79. The molecule has 0 aliphatic heterocycles. The number of benzene rings is 1. The van der Waals surface area contributed by atoms with Gasteiger partial charge in [0.25, 0.3) is 5.91 Å². The Bertz CT molecular complexity index is 579. The predicted octanol–water partition coefficient (Wildman–Crippen LogP) is 2.96. The van der Waals surface area contributed by atoms with Crippen molar-refractivity contribution in [2.45, 2.75) is 26.7 Å². The Labute approximate surface area is 126 Å². The van der Waals surface area contributed by atoms with E-state index in [1.54, 1.807) is 24.3 Å². The average Bonchev–Trinajstić information content (AvgIpc) is 2.33. The molecule has 4 nitrogen and oxygen atoms in total. The number of nitrogens with one attached hydrogen (secondary N) is 2. The molecule has 0 unspecified atom stereocenters. The molecule has 0 spiro atoms. The minimum atomic E-state index is -0.233. The number of carbonyl (C=O) groups is 2. The third-order valence-electron chi connectivity index (χ3n) is 3.08. The van der Waals surface area contributed by atoms with Crippen LogP contribution in [-0.4, -0.2) is 11.7 Å². The lowest BCUT2D eigenvalue weighted by Gasteiger charge is -2.29. The summed E-state index contributed by atoms with van der Waals surface area (Å²) in [6.07, 6.45) is 2.84. The molecule has 0 fully saturated rings. The van der Waals surface area contributed by atoms with Crippen molar-refractivity contribution in [3.05, 3.63) is 46.1 Å². The highest BCUT2D eigenvalue weighted by atomic mass is 79.9. The van der Waals surface area contributed by atoms with Gasteiger partial charge in [0.05, 0.1) is 0 Å². The van der Waals surface area contributed by atoms with E-state index in [1.807, 2.05) is 19.9 Å². The molecule has 0 aromatic heterocycles. The highest BCUT2D eigenvalue weighted by Crippen LogP contribution is 2.32. The summed E-state index contributed by atoms with van der Waals surface area (Å²) in [5.74, 6) is -0.150. The third-order valence-corrected chi connectivity index (χ3v) is 3.57. The lowest BCUT2D eigenvalue weighted by Crippen LogP contribution is -2.39. The van der Waals surface area contributed by atoms with Gasteiger partial charge in [-0.1, -0.05) is 35.8 Å². The maximum absolute atomic E-state index is 12.0. The molecule has 0 radical (unpaired) electrons. The summed E-state index contributed by atoms with van der Waals surface area (Å²) in [6.45, 7) is 4.07. The second kappa shape index (κ2) is 5.79. The zero-order chi connectivity index (χ0) is 14.8. The number of hydrogen-bond donors (Lipinski definition) is 2. The van der Waals surface area contributed by atoms with E-state index in [4.69, 9.17) is 0 Å². The minimum Gasteiger partial charge on any atom is -0.302 e. The number of hydrogen-bond acceptors (Lipinski definition) is 3. The summed E-state index contributed by atoms with van der Waals surface area (Å²) in [4.78, 5) is 23.6. The van der Waals surface area contributed by atoms with Gasteiger partial charge < -0.3 is 5.43 Å². The maximum atomic E-state index is 12.0. The van der Waals surface area contributed by atoms with Crippen molar-refractivity contribution >= 4 is 27.6 Å². The Morgan fingerprint density at radius 3 is 2.70 bits per heavy atom. The highest BCUT2D eigenvalue weighted by Gasteiger charge is 2.27. The van der Waals surface area contributed by atoms with Crippen molar-refractivity contribution in [3.63, 3.8) is 0 Å². The van der Waals surface area contributed by atoms with Crippen LogP contribution >= 0.6 is 15.9 Å². The first-order valence-corrected chi connectivity index (χ1v) is 7.20. The molecular weight excluding hydrogens is 320 g/mol. The van der Waals surface area contributed by atoms with Crippen LogP contribution in [0.5, 0.6) is 0 Å². The Hall–Kier alpha value is -1.62. The standard InChI is InChI=1S/C15H17BrN2O2/c1-15(2)8-12(7-13(19)9-15)17-18-14(20)10-4-3-5-11(16)6-10/h3-7,17H,8-9H2,1-2H3,(H,18,20). The molecular formula is C15H17BrN2O2. The van der Waals surface area contributed by atoms with Gasteiger partial charge in [0.15, 0.2) is 5.78 Å². The van der Waals surface area contributed by atoms with Gasteiger partial charge in [0.1, 0.15) is 0 Å². The average molecular weight is 337 g/mol. The fraction of sp³-hybridized carbons (Fsp3) is 0.333. The van der Waals surface area contributed by atoms with Gasteiger partial charge in [0, 0.05) is 28.2 Å². The van der Waals surface area contributed by atoms with Gasteiger partial charge in [-0.25, -0.2) is 0 Å². The second-order valence-electron chi connectivity index (χ2n) is 5.74. The third kappa shape index (κ3) is 3.93. The maximum Gasteiger partial charge on any atom is 0.269 e. The van der Waals surface area contributed by atoms with Gasteiger partial charge in [0.2, 0.25) is 0 Å². The molecule has 1 aromatic rings.